The van der Waals surface area contributed by atoms with E-state index in [0.717, 1.165) is 44.7 Å². The second kappa shape index (κ2) is 9.60. The van der Waals surface area contributed by atoms with Crippen LogP contribution in [-0.4, -0.2) is 19.5 Å². The molecule has 2 bridgehead atoms. The highest BCUT2D eigenvalue weighted by Crippen LogP contribution is 2.52. The van der Waals surface area contributed by atoms with Crippen LogP contribution in [0.2, 0.25) is 0 Å². The van der Waals surface area contributed by atoms with Crippen LogP contribution in [0.5, 0.6) is 0 Å². The molecule has 6 nitrogen and oxygen atoms in total. The number of anilines is 2. The van der Waals surface area contributed by atoms with E-state index in [1.165, 1.54) is 37.0 Å². The molecule has 2 unspecified atom stereocenters. The summed E-state index contributed by atoms with van der Waals surface area (Å²) < 4.78 is 2.47. The monoisotopic (exact) mass is 470 g/mol. The minimum atomic E-state index is 0.530. The fourth-order valence-corrected chi connectivity index (χ4v) is 5.37. The fourth-order valence-electron chi connectivity index (χ4n) is 5.07. The van der Waals surface area contributed by atoms with Gasteiger partial charge in [-0.25, -0.2) is 9.97 Å². The Kier molecular flexibility index (Phi) is 6.39. The Morgan fingerprint density at radius 3 is 2.62 bits per heavy atom. The number of nitrogens with two attached hydrogens (primary N) is 1. The van der Waals surface area contributed by atoms with Crippen LogP contribution in [-0.2, 0) is 0 Å². The first-order valence-electron chi connectivity index (χ1n) is 12.0. The van der Waals surface area contributed by atoms with E-state index in [9.17, 15) is 0 Å². The highest BCUT2D eigenvalue weighted by molar-refractivity contribution is 7.97. The first-order chi connectivity index (χ1) is 16.7. The van der Waals surface area contributed by atoms with Crippen molar-refractivity contribution in [3.63, 3.8) is 0 Å². The molecule has 0 spiro atoms. The third-order valence-corrected chi connectivity index (χ3v) is 7.05. The average Bonchev–Trinajstić information content (AvgIpc) is 3.59. The number of benzene rings is 1. The first kappa shape index (κ1) is 22.6. The Balaban J connectivity index is 0.00000117. The Morgan fingerprint density at radius 2 is 1.85 bits per heavy atom. The van der Waals surface area contributed by atoms with Crippen LogP contribution >= 0.6 is 11.9 Å². The largest absolute Gasteiger partial charge is 0.340 e. The topological polar surface area (TPSA) is 81.7 Å². The van der Waals surface area contributed by atoms with Gasteiger partial charge >= 0.3 is 0 Å². The van der Waals surface area contributed by atoms with Crippen molar-refractivity contribution in [3.05, 3.63) is 72.3 Å². The van der Waals surface area contributed by atoms with Gasteiger partial charge in [0.15, 0.2) is 0 Å². The zero-order chi connectivity index (χ0) is 23.7. The van der Waals surface area contributed by atoms with Crippen molar-refractivity contribution in [2.45, 2.75) is 56.9 Å². The van der Waals surface area contributed by atoms with Gasteiger partial charge in [-0.1, -0.05) is 19.9 Å². The van der Waals surface area contributed by atoms with Gasteiger partial charge in [-0.2, -0.15) is 0 Å². The predicted molar refractivity (Wildman–Crippen MR) is 140 cm³/mol. The lowest BCUT2D eigenvalue weighted by atomic mass is 10.1. The third-order valence-electron chi connectivity index (χ3n) is 6.50. The summed E-state index contributed by atoms with van der Waals surface area (Å²) in [5, 5.41) is 9.06. The normalized spacial score (nSPS) is 17.8. The standard InChI is InChI=1S/C25H24N6S.C2H6/c1-15-3-2-4-21(28-15)23-24(31-19-8-5-17(13-19)25(31)30-23)16-11-12-27-22(14-16)29-18-6-9-20(32-26)10-7-18;1-2/h2-4,6-7,9-12,14,17,19H,5,8,13,26H2,1H3,(H,27,29);1-2H3. The molecule has 7 heteroatoms. The Labute approximate surface area is 205 Å². The van der Waals surface area contributed by atoms with E-state index < -0.39 is 0 Å². The number of aryl methyl sites for hydroxylation is 1. The van der Waals surface area contributed by atoms with Crippen LogP contribution in [0.1, 0.15) is 56.6 Å². The summed E-state index contributed by atoms with van der Waals surface area (Å²) in [5.74, 6) is 2.59. The van der Waals surface area contributed by atoms with Crippen molar-refractivity contribution in [2.75, 3.05) is 5.32 Å². The lowest BCUT2D eigenvalue weighted by molar-refractivity contribution is 0.530. The maximum Gasteiger partial charge on any atom is 0.130 e. The highest BCUT2D eigenvalue weighted by atomic mass is 32.2. The smallest absolute Gasteiger partial charge is 0.130 e. The molecule has 0 amide bonds. The molecule has 4 heterocycles. The summed E-state index contributed by atoms with van der Waals surface area (Å²) in [6.07, 6.45) is 5.53. The lowest BCUT2D eigenvalue weighted by Crippen LogP contribution is -2.08. The maximum atomic E-state index is 5.64. The molecule has 2 atom stereocenters. The molecule has 2 aliphatic rings. The van der Waals surface area contributed by atoms with Crippen molar-refractivity contribution in [1.29, 1.82) is 0 Å². The average molecular weight is 471 g/mol. The van der Waals surface area contributed by atoms with Crippen LogP contribution in [0.3, 0.4) is 0 Å². The Morgan fingerprint density at radius 1 is 1.03 bits per heavy atom. The van der Waals surface area contributed by atoms with Crippen molar-refractivity contribution < 1.29 is 0 Å². The number of imidazole rings is 1. The van der Waals surface area contributed by atoms with Gasteiger partial charge in [0, 0.05) is 40.0 Å². The van der Waals surface area contributed by atoms with Gasteiger partial charge in [0.25, 0.3) is 0 Å². The van der Waals surface area contributed by atoms with E-state index in [2.05, 4.69) is 39.1 Å². The predicted octanol–water partition coefficient (Wildman–Crippen LogP) is 6.87. The van der Waals surface area contributed by atoms with Gasteiger partial charge in [0.2, 0.25) is 0 Å². The Hall–Kier alpha value is -3.16. The molecule has 0 saturated heterocycles. The molecule has 6 rings (SSSR count). The zero-order valence-electron chi connectivity index (χ0n) is 19.8. The summed E-state index contributed by atoms with van der Waals surface area (Å²) in [5.41, 5.74) is 6.16. The van der Waals surface area contributed by atoms with Crippen LogP contribution < -0.4 is 10.5 Å². The summed E-state index contributed by atoms with van der Waals surface area (Å²) >= 11 is 1.24. The number of fused-ring (bicyclic) bond motifs is 5. The van der Waals surface area contributed by atoms with Crippen LogP contribution in [0.25, 0.3) is 22.6 Å². The summed E-state index contributed by atoms with van der Waals surface area (Å²) in [6, 6.07) is 18.9. The van der Waals surface area contributed by atoms with E-state index in [4.69, 9.17) is 15.1 Å². The molecule has 1 aliphatic heterocycles. The van der Waals surface area contributed by atoms with Crippen LogP contribution in [0.15, 0.2) is 65.7 Å². The molecule has 3 aromatic heterocycles. The van der Waals surface area contributed by atoms with Crippen molar-refractivity contribution in [1.82, 2.24) is 19.5 Å². The van der Waals surface area contributed by atoms with Gasteiger partial charge in [-0.05, 0) is 86.7 Å². The van der Waals surface area contributed by atoms with E-state index in [1.54, 1.807) is 0 Å². The van der Waals surface area contributed by atoms with Crippen molar-refractivity contribution in [3.8, 4) is 22.6 Å². The maximum absolute atomic E-state index is 5.64. The molecular weight excluding hydrogens is 440 g/mol. The quantitative estimate of drug-likeness (QED) is 0.310. The van der Waals surface area contributed by atoms with E-state index in [0.29, 0.717) is 12.0 Å². The number of nitrogens with one attached hydrogen (secondary N) is 1. The van der Waals surface area contributed by atoms with E-state index in [-0.39, 0.29) is 0 Å². The van der Waals surface area contributed by atoms with Gasteiger partial charge in [0.05, 0.1) is 11.4 Å². The van der Waals surface area contributed by atoms with Gasteiger partial charge in [0.1, 0.15) is 17.3 Å². The molecule has 34 heavy (non-hydrogen) atoms. The molecule has 1 saturated carbocycles. The minimum absolute atomic E-state index is 0.530. The number of aromatic nitrogens is 4. The fraction of sp³-hybridized carbons (Fsp3) is 0.296. The number of rotatable bonds is 5. The number of hydrogen-bond donors (Lipinski definition) is 2. The third kappa shape index (κ3) is 4.10. The summed E-state index contributed by atoms with van der Waals surface area (Å²) in [6.45, 7) is 6.03. The zero-order valence-corrected chi connectivity index (χ0v) is 20.6. The Bertz CT molecular complexity index is 1300. The van der Waals surface area contributed by atoms with Gasteiger partial charge in [-0.3, -0.25) is 10.1 Å². The summed E-state index contributed by atoms with van der Waals surface area (Å²) in [4.78, 5) is 15.5. The number of hydrogen-bond acceptors (Lipinski definition) is 6. The molecule has 4 aromatic rings. The van der Waals surface area contributed by atoms with E-state index in [1.807, 2.05) is 57.3 Å². The molecule has 3 N–H and O–H groups in total. The van der Waals surface area contributed by atoms with Crippen molar-refractivity contribution >= 4 is 23.5 Å². The van der Waals surface area contributed by atoms with E-state index >= 15 is 0 Å². The molecule has 1 aromatic carbocycles. The number of nitrogens with zero attached hydrogens (tertiary/aromatic N) is 4. The van der Waals surface area contributed by atoms with Gasteiger partial charge < -0.3 is 9.88 Å². The first-order valence-corrected chi connectivity index (χ1v) is 12.8. The van der Waals surface area contributed by atoms with Crippen molar-refractivity contribution in [2.24, 2.45) is 5.14 Å². The minimum Gasteiger partial charge on any atom is -0.340 e. The molecule has 1 aliphatic carbocycles. The second-order valence-electron chi connectivity index (χ2n) is 8.56. The van der Waals surface area contributed by atoms with Crippen LogP contribution in [0, 0.1) is 6.92 Å². The summed E-state index contributed by atoms with van der Waals surface area (Å²) in [7, 11) is 0. The molecular formula is C27H30N6S. The highest BCUT2D eigenvalue weighted by Gasteiger charge is 2.41. The van der Waals surface area contributed by atoms with Gasteiger partial charge in [-0.15, -0.1) is 0 Å². The SMILES string of the molecule is CC.Cc1cccc(-c2nc3n(c2-c2ccnc(Nc4ccc(SN)cc4)c2)C2CCC3C2)n1. The van der Waals surface area contributed by atoms with Crippen LogP contribution in [0.4, 0.5) is 11.5 Å². The molecule has 174 valence electrons. The lowest BCUT2D eigenvalue weighted by Gasteiger charge is -2.18. The molecule has 0 radical (unpaired) electrons. The second-order valence-corrected chi connectivity index (χ2v) is 9.27. The molecule has 1 fully saturated rings. The number of pyridine rings is 2.